The minimum atomic E-state index is 0.0358. The van der Waals surface area contributed by atoms with Crippen molar-refractivity contribution in [3.05, 3.63) is 64.7 Å². The highest BCUT2D eigenvalue weighted by Crippen LogP contribution is 2.27. The molecule has 0 unspecified atom stereocenters. The van der Waals surface area contributed by atoms with Gasteiger partial charge < -0.3 is 20.1 Å². The van der Waals surface area contributed by atoms with E-state index >= 15 is 0 Å². The Hall–Kier alpha value is -2.50. The van der Waals surface area contributed by atoms with Gasteiger partial charge in [0.2, 0.25) is 5.91 Å². The van der Waals surface area contributed by atoms with E-state index in [0.717, 1.165) is 49.4 Å². The molecular weight excluding hydrogens is 400 g/mol. The third kappa shape index (κ3) is 8.89. The molecule has 0 saturated carbocycles. The van der Waals surface area contributed by atoms with E-state index < -0.39 is 0 Å². The number of nitrogens with one attached hydrogen (secondary N) is 2. The maximum atomic E-state index is 11.9. The summed E-state index contributed by atoms with van der Waals surface area (Å²) in [7, 11) is 3.29. The molecule has 162 valence electrons. The lowest BCUT2D eigenvalue weighted by atomic mass is 10.1. The molecule has 6 heteroatoms. The van der Waals surface area contributed by atoms with Crippen LogP contribution in [0.2, 0.25) is 5.02 Å². The smallest absolute Gasteiger partial charge is 0.223 e. The summed E-state index contributed by atoms with van der Waals surface area (Å²) >= 11 is 5.85. The van der Waals surface area contributed by atoms with Crippen molar-refractivity contribution in [1.82, 2.24) is 10.6 Å². The molecule has 1 amide bonds. The Morgan fingerprint density at radius 2 is 1.70 bits per heavy atom. The standard InChI is InChI=1S/C24H31ClN2O3/c1-29-22-14-11-20(18-23(22)30-2)7-4-15-26-16-5-17-27-24(28)8-3-6-19-9-12-21(25)13-10-19/h3,6,9-14,18,26H,4-5,7-8,15-17H2,1-2H3,(H,27,28)/b6-3+. The minimum Gasteiger partial charge on any atom is -0.493 e. The Kier molecular flexibility index (Phi) is 10.8. The molecule has 0 heterocycles. The highest BCUT2D eigenvalue weighted by Gasteiger charge is 2.04. The van der Waals surface area contributed by atoms with Crippen LogP contribution in [0.15, 0.2) is 48.5 Å². The van der Waals surface area contributed by atoms with Crippen LogP contribution >= 0.6 is 11.6 Å². The summed E-state index contributed by atoms with van der Waals surface area (Å²) in [5, 5.41) is 7.07. The van der Waals surface area contributed by atoms with Crippen molar-refractivity contribution in [3.8, 4) is 11.5 Å². The van der Waals surface area contributed by atoms with E-state index in [-0.39, 0.29) is 5.91 Å². The number of methoxy groups -OCH3 is 2. The molecule has 0 aliphatic carbocycles. The van der Waals surface area contributed by atoms with Gasteiger partial charge in [-0.25, -0.2) is 0 Å². The topological polar surface area (TPSA) is 59.6 Å². The van der Waals surface area contributed by atoms with E-state index in [0.29, 0.717) is 18.0 Å². The minimum absolute atomic E-state index is 0.0358. The molecule has 0 aromatic heterocycles. The van der Waals surface area contributed by atoms with Crippen molar-refractivity contribution in [2.45, 2.75) is 25.7 Å². The van der Waals surface area contributed by atoms with Gasteiger partial charge in [0.05, 0.1) is 14.2 Å². The summed E-state index contributed by atoms with van der Waals surface area (Å²) in [6, 6.07) is 13.5. The van der Waals surface area contributed by atoms with Crippen molar-refractivity contribution < 1.29 is 14.3 Å². The third-order valence-corrected chi connectivity index (χ3v) is 4.85. The molecule has 0 fully saturated rings. The van der Waals surface area contributed by atoms with Crippen LogP contribution in [0.1, 0.15) is 30.4 Å². The highest BCUT2D eigenvalue weighted by atomic mass is 35.5. The van der Waals surface area contributed by atoms with Crippen molar-refractivity contribution in [2.75, 3.05) is 33.9 Å². The number of rotatable bonds is 13. The van der Waals surface area contributed by atoms with Gasteiger partial charge in [0.15, 0.2) is 11.5 Å². The lowest BCUT2D eigenvalue weighted by molar-refractivity contribution is -0.120. The van der Waals surface area contributed by atoms with Gasteiger partial charge in [0, 0.05) is 18.0 Å². The van der Waals surface area contributed by atoms with Gasteiger partial charge >= 0.3 is 0 Å². The molecule has 0 spiro atoms. The third-order valence-electron chi connectivity index (χ3n) is 4.60. The fraction of sp³-hybridized carbons (Fsp3) is 0.375. The molecule has 2 N–H and O–H groups in total. The van der Waals surface area contributed by atoms with Gasteiger partial charge in [-0.1, -0.05) is 42.0 Å². The van der Waals surface area contributed by atoms with Crippen LogP contribution < -0.4 is 20.1 Å². The van der Waals surface area contributed by atoms with Crippen LogP contribution in [0, 0.1) is 0 Å². The maximum absolute atomic E-state index is 11.9. The predicted octanol–water partition coefficient (Wildman–Crippen LogP) is 4.49. The molecule has 0 atom stereocenters. The van der Waals surface area contributed by atoms with Crippen LogP contribution in [0.5, 0.6) is 11.5 Å². The molecule has 2 aromatic carbocycles. The van der Waals surface area contributed by atoms with E-state index in [2.05, 4.69) is 16.7 Å². The van der Waals surface area contributed by atoms with Crippen LogP contribution in [-0.4, -0.2) is 39.8 Å². The van der Waals surface area contributed by atoms with Crippen molar-refractivity contribution in [1.29, 1.82) is 0 Å². The second kappa shape index (κ2) is 13.7. The number of aryl methyl sites for hydroxylation is 1. The van der Waals surface area contributed by atoms with Gasteiger partial charge in [0.25, 0.3) is 0 Å². The number of amides is 1. The lowest BCUT2D eigenvalue weighted by Crippen LogP contribution is -2.27. The fourth-order valence-electron chi connectivity index (χ4n) is 2.97. The summed E-state index contributed by atoms with van der Waals surface area (Å²) in [6.07, 6.45) is 7.09. The van der Waals surface area contributed by atoms with Crippen LogP contribution in [0.4, 0.5) is 0 Å². The second-order valence-corrected chi connectivity index (χ2v) is 7.34. The lowest BCUT2D eigenvalue weighted by Gasteiger charge is -2.10. The molecule has 0 bridgehead atoms. The van der Waals surface area contributed by atoms with Crippen molar-refractivity contribution >= 4 is 23.6 Å². The Balaban J connectivity index is 1.50. The number of ether oxygens (including phenoxy) is 2. The largest absolute Gasteiger partial charge is 0.493 e. The first-order valence-electron chi connectivity index (χ1n) is 10.2. The number of benzene rings is 2. The van der Waals surface area contributed by atoms with Crippen LogP contribution in [0.3, 0.4) is 0 Å². The molecule has 0 saturated heterocycles. The normalized spacial score (nSPS) is 10.9. The molecule has 2 aromatic rings. The van der Waals surface area contributed by atoms with E-state index in [1.54, 1.807) is 14.2 Å². The van der Waals surface area contributed by atoms with Crippen molar-refractivity contribution in [3.63, 3.8) is 0 Å². The number of hydrogen-bond donors (Lipinski definition) is 2. The van der Waals surface area contributed by atoms with Gasteiger partial charge in [-0.15, -0.1) is 0 Å². The Bertz CT molecular complexity index is 807. The van der Waals surface area contributed by atoms with E-state index in [9.17, 15) is 4.79 Å². The average Bonchev–Trinajstić information content (AvgIpc) is 2.76. The number of halogens is 1. The van der Waals surface area contributed by atoms with Gasteiger partial charge in [-0.05, 0) is 67.7 Å². The van der Waals surface area contributed by atoms with Crippen LogP contribution in [0.25, 0.3) is 6.08 Å². The zero-order valence-electron chi connectivity index (χ0n) is 17.7. The zero-order chi connectivity index (χ0) is 21.6. The Morgan fingerprint density at radius 3 is 2.43 bits per heavy atom. The maximum Gasteiger partial charge on any atom is 0.223 e. The Morgan fingerprint density at radius 1 is 0.967 bits per heavy atom. The summed E-state index contributed by atoms with van der Waals surface area (Å²) < 4.78 is 10.6. The molecule has 0 aliphatic heterocycles. The first-order valence-corrected chi connectivity index (χ1v) is 10.6. The summed E-state index contributed by atoms with van der Waals surface area (Å²) in [4.78, 5) is 11.9. The molecule has 0 aliphatic rings. The van der Waals surface area contributed by atoms with E-state index in [4.69, 9.17) is 21.1 Å². The first kappa shape index (κ1) is 23.8. The monoisotopic (exact) mass is 430 g/mol. The Labute approximate surface area is 184 Å². The van der Waals surface area contributed by atoms with E-state index in [1.807, 2.05) is 48.6 Å². The number of carbonyl (C=O) groups is 1. The predicted molar refractivity (Wildman–Crippen MR) is 123 cm³/mol. The van der Waals surface area contributed by atoms with E-state index in [1.165, 1.54) is 5.56 Å². The first-order chi connectivity index (χ1) is 14.6. The molecule has 2 rings (SSSR count). The molecular formula is C24H31ClN2O3. The highest BCUT2D eigenvalue weighted by molar-refractivity contribution is 6.30. The summed E-state index contributed by atoms with van der Waals surface area (Å²) in [6.45, 7) is 2.50. The summed E-state index contributed by atoms with van der Waals surface area (Å²) in [5.74, 6) is 1.55. The van der Waals surface area contributed by atoms with Crippen LogP contribution in [-0.2, 0) is 11.2 Å². The quantitative estimate of drug-likeness (QED) is 0.460. The SMILES string of the molecule is COc1ccc(CCCNCCCNC(=O)C/C=C/c2ccc(Cl)cc2)cc1OC. The second-order valence-electron chi connectivity index (χ2n) is 6.90. The molecule has 5 nitrogen and oxygen atoms in total. The zero-order valence-corrected chi connectivity index (χ0v) is 18.5. The molecule has 30 heavy (non-hydrogen) atoms. The van der Waals surface area contributed by atoms with Gasteiger partial charge in [-0.2, -0.15) is 0 Å². The van der Waals surface area contributed by atoms with Gasteiger partial charge in [0.1, 0.15) is 0 Å². The van der Waals surface area contributed by atoms with Gasteiger partial charge in [-0.3, -0.25) is 4.79 Å². The summed E-state index contributed by atoms with van der Waals surface area (Å²) in [5.41, 5.74) is 2.26. The number of carbonyl (C=O) groups excluding carboxylic acids is 1. The number of hydrogen-bond acceptors (Lipinski definition) is 4. The average molecular weight is 431 g/mol. The molecule has 0 radical (unpaired) electrons. The van der Waals surface area contributed by atoms with Crippen molar-refractivity contribution in [2.24, 2.45) is 0 Å². The fourth-order valence-corrected chi connectivity index (χ4v) is 3.09.